The fourth-order valence-corrected chi connectivity index (χ4v) is 2.90. The van der Waals surface area contributed by atoms with Crippen LogP contribution in [0, 0.1) is 0 Å². The summed E-state index contributed by atoms with van der Waals surface area (Å²) in [7, 11) is 0. The van der Waals surface area contributed by atoms with Crippen LogP contribution >= 0.6 is 0 Å². The first kappa shape index (κ1) is 13.2. The first-order valence-corrected chi connectivity index (χ1v) is 7.27. The van der Waals surface area contributed by atoms with Gasteiger partial charge in [0.05, 0.1) is 18.8 Å². The molecule has 0 unspecified atom stereocenters. The number of benzene rings is 1. The molecule has 1 amide bonds. The van der Waals surface area contributed by atoms with Crippen molar-refractivity contribution < 1.29 is 9.53 Å². The standard InChI is InChI=1S/C15H21N3O2/c16-12-3-4-14(17-7-9-20-10-8-17)13(11-12)15(19)18-5-1-2-6-18/h3-4,11H,1-2,5-10,16H2. The molecule has 5 heteroatoms. The van der Waals surface area contributed by atoms with E-state index in [1.807, 2.05) is 23.1 Å². The number of morpholine rings is 1. The van der Waals surface area contributed by atoms with Crippen molar-refractivity contribution in [1.82, 2.24) is 4.90 Å². The minimum Gasteiger partial charge on any atom is -0.399 e. The number of hydrogen-bond donors (Lipinski definition) is 1. The summed E-state index contributed by atoms with van der Waals surface area (Å²) in [5, 5.41) is 0. The van der Waals surface area contributed by atoms with Gasteiger partial charge in [0.15, 0.2) is 0 Å². The average molecular weight is 275 g/mol. The van der Waals surface area contributed by atoms with E-state index >= 15 is 0 Å². The van der Waals surface area contributed by atoms with Crippen molar-refractivity contribution >= 4 is 17.3 Å². The number of rotatable bonds is 2. The molecule has 2 heterocycles. The Balaban J connectivity index is 1.90. The summed E-state index contributed by atoms with van der Waals surface area (Å²) in [6.07, 6.45) is 2.20. The van der Waals surface area contributed by atoms with Crippen LogP contribution in [0.5, 0.6) is 0 Å². The third kappa shape index (κ3) is 2.58. The summed E-state index contributed by atoms with van der Waals surface area (Å²) in [5.74, 6) is 0.108. The molecule has 108 valence electrons. The highest BCUT2D eigenvalue weighted by molar-refractivity contribution is 6.00. The minimum atomic E-state index is 0.108. The predicted molar refractivity (Wildman–Crippen MR) is 79.0 cm³/mol. The third-order valence-corrected chi connectivity index (χ3v) is 4.00. The molecule has 2 N–H and O–H groups in total. The fourth-order valence-electron chi connectivity index (χ4n) is 2.90. The van der Waals surface area contributed by atoms with Crippen LogP contribution in [0.4, 0.5) is 11.4 Å². The lowest BCUT2D eigenvalue weighted by molar-refractivity contribution is 0.0792. The Morgan fingerprint density at radius 1 is 1.10 bits per heavy atom. The van der Waals surface area contributed by atoms with Crippen molar-refractivity contribution in [3.8, 4) is 0 Å². The van der Waals surface area contributed by atoms with Gasteiger partial charge in [0, 0.05) is 37.6 Å². The van der Waals surface area contributed by atoms with Gasteiger partial charge in [-0.25, -0.2) is 0 Å². The Bertz CT molecular complexity index is 492. The molecule has 2 saturated heterocycles. The molecule has 5 nitrogen and oxygen atoms in total. The van der Waals surface area contributed by atoms with Gasteiger partial charge in [0.25, 0.3) is 5.91 Å². The predicted octanol–water partition coefficient (Wildman–Crippen LogP) is 1.34. The number of nitrogen functional groups attached to an aromatic ring is 1. The van der Waals surface area contributed by atoms with Crippen molar-refractivity contribution in [1.29, 1.82) is 0 Å². The number of hydrogen-bond acceptors (Lipinski definition) is 4. The number of anilines is 2. The zero-order valence-corrected chi connectivity index (χ0v) is 11.7. The zero-order valence-electron chi connectivity index (χ0n) is 11.7. The molecule has 0 aliphatic carbocycles. The molecule has 2 fully saturated rings. The van der Waals surface area contributed by atoms with Crippen LogP contribution in [0.1, 0.15) is 23.2 Å². The van der Waals surface area contributed by atoms with Crippen molar-refractivity contribution in [2.75, 3.05) is 50.0 Å². The maximum atomic E-state index is 12.7. The molecule has 2 aliphatic heterocycles. The van der Waals surface area contributed by atoms with Crippen LogP contribution in [-0.2, 0) is 4.74 Å². The van der Waals surface area contributed by atoms with Gasteiger partial charge in [-0.05, 0) is 31.0 Å². The minimum absolute atomic E-state index is 0.108. The normalized spacial score (nSPS) is 19.4. The number of carbonyl (C=O) groups excluding carboxylic acids is 1. The smallest absolute Gasteiger partial charge is 0.256 e. The van der Waals surface area contributed by atoms with Crippen LogP contribution in [0.3, 0.4) is 0 Å². The van der Waals surface area contributed by atoms with Gasteiger partial charge >= 0.3 is 0 Å². The summed E-state index contributed by atoms with van der Waals surface area (Å²) >= 11 is 0. The number of ether oxygens (including phenoxy) is 1. The lowest BCUT2D eigenvalue weighted by Gasteiger charge is -2.31. The molecule has 0 atom stereocenters. The van der Waals surface area contributed by atoms with E-state index in [0.717, 1.165) is 50.3 Å². The molecule has 0 bridgehead atoms. The molecular weight excluding hydrogens is 254 g/mol. The molecule has 0 spiro atoms. The summed E-state index contributed by atoms with van der Waals surface area (Å²) in [4.78, 5) is 16.8. The van der Waals surface area contributed by atoms with Crippen LogP contribution in [-0.4, -0.2) is 50.2 Å². The fraction of sp³-hybridized carbons (Fsp3) is 0.533. The van der Waals surface area contributed by atoms with E-state index in [1.54, 1.807) is 0 Å². The lowest BCUT2D eigenvalue weighted by Crippen LogP contribution is -2.38. The van der Waals surface area contributed by atoms with E-state index in [2.05, 4.69) is 4.90 Å². The monoisotopic (exact) mass is 275 g/mol. The second-order valence-electron chi connectivity index (χ2n) is 5.38. The highest BCUT2D eigenvalue weighted by Crippen LogP contribution is 2.26. The van der Waals surface area contributed by atoms with E-state index in [9.17, 15) is 4.79 Å². The maximum absolute atomic E-state index is 12.7. The highest BCUT2D eigenvalue weighted by atomic mass is 16.5. The molecule has 0 saturated carbocycles. The van der Waals surface area contributed by atoms with E-state index in [0.29, 0.717) is 18.9 Å². The van der Waals surface area contributed by atoms with Gasteiger partial charge in [0.2, 0.25) is 0 Å². The number of amides is 1. The summed E-state index contributed by atoms with van der Waals surface area (Å²) in [5.41, 5.74) is 8.24. The molecule has 1 aromatic rings. The lowest BCUT2D eigenvalue weighted by atomic mass is 10.1. The quantitative estimate of drug-likeness (QED) is 0.828. The number of nitrogens with zero attached hydrogens (tertiary/aromatic N) is 2. The Morgan fingerprint density at radius 3 is 2.50 bits per heavy atom. The Morgan fingerprint density at radius 2 is 1.80 bits per heavy atom. The van der Waals surface area contributed by atoms with Crippen molar-refractivity contribution in [3.05, 3.63) is 23.8 Å². The van der Waals surface area contributed by atoms with Crippen LogP contribution < -0.4 is 10.6 Å². The Labute approximate surface area is 119 Å². The highest BCUT2D eigenvalue weighted by Gasteiger charge is 2.24. The molecule has 2 aliphatic rings. The van der Waals surface area contributed by atoms with Gasteiger partial charge < -0.3 is 20.3 Å². The molecule has 20 heavy (non-hydrogen) atoms. The number of likely N-dealkylation sites (tertiary alicyclic amines) is 1. The molecule has 1 aromatic carbocycles. The Hall–Kier alpha value is -1.75. The molecule has 0 radical (unpaired) electrons. The number of carbonyl (C=O) groups is 1. The number of nitrogens with two attached hydrogens (primary N) is 1. The van der Waals surface area contributed by atoms with Gasteiger partial charge in [0.1, 0.15) is 0 Å². The van der Waals surface area contributed by atoms with Crippen molar-refractivity contribution in [2.24, 2.45) is 0 Å². The van der Waals surface area contributed by atoms with E-state index in [-0.39, 0.29) is 5.91 Å². The first-order valence-electron chi connectivity index (χ1n) is 7.27. The van der Waals surface area contributed by atoms with Gasteiger partial charge in [-0.15, -0.1) is 0 Å². The topological polar surface area (TPSA) is 58.8 Å². The largest absolute Gasteiger partial charge is 0.399 e. The third-order valence-electron chi connectivity index (χ3n) is 4.00. The first-order chi connectivity index (χ1) is 9.75. The SMILES string of the molecule is Nc1ccc(N2CCOCC2)c(C(=O)N2CCCC2)c1. The second-order valence-corrected chi connectivity index (χ2v) is 5.38. The van der Waals surface area contributed by atoms with Crippen LogP contribution in [0.25, 0.3) is 0 Å². The van der Waals surface area contributed by atoms with Crippen molar-refractivity contribution in [3.63, 3.8) is 0 Å². The Kier molecular flexibility index (Phi) is 3.78. The maximum Gasteiger partial charge on any atom is 0.256 e. The van der Waals surface area contributed by atoms with Crippen LogP contribution in [0.2, 0.25) is 0 Å². The molecular formula is C15H21N3O2. The van der Waals surface area contributed by atoms with E-state index in [1.165, 1.54) is 0 Å². The van der Waals surface area contributed by atoms with Crippen LogP contribution in [0.15, 0.2) is 18.2 Å². The second kappa shape index (κ2) is 5.71. The zero-order chi connectivity index (χ0) is 13.9. The van der Waals surface area contributed by atoms with Gasteiger partial charge in [-0.2, -0.15) is 0 Å². The van der Waals surface area contributed by atoms with Crippen molar-refractivity contribution in [2.45, 2.75) is 12.8 Å². The van der Waals surface area contributed by atoms with E-state index in [4.69, 9.17) is 10.5 Å². The van der Waals surface area contributed by atoms with E-state index < -0.39 is 0 Å². The summed E-state index contributed by atoms with van der Waals surface area (Å²) in [6.45, 7) is 4.78. The average Bonchev–Trinajstić information content (AvgIpc) is 3.01. The summed E-state index contributed by atoms with van der Waals surface area (Å²) < 4.78 is 5.38. The van der Waals surface area contributed by atoms with Gasteiger partial charge in [-0.1, -0.05) is 0 Å². The molecule has 3 rings (SSSR count). The molecule has 0 aromatic heterocycles. The van der Waals surface area contributed by atoms with Gasteiger partial charge in [-0.3, -0.25) is 4.79 Å². The summed E-state index contributed by atoms with van der Waals surface area (Å²) in [6, 6.07) is 5.64.